The summed E-state index contributed by atoms with van der Waals surface area (Å²) in [6, 6.07) is 5.38. The Morgan fingerprint density at radius 3 is 2.62 bits per heavy atom. The molecule has 0 saturated heterocycles. The Bertz CT molecular complexity index is 694. The van der Waals surface area contributed by atoms with Crippen molar-refractivity contribution in [3.63, 3.8) is 0 Å². The van der Waals surface area contributed by atoms with Crippen molar-refractivity contribution in [2.24, 2.45) is 10.9 Å². The van der Waals surface area contributed by atoms with E-state index >= 15 is 0 Å². The van der Waals surface area contributed by atoms with Crippen LogP contribution >= 0.6 is 24.0 Å². The predicted molar refractivity (Wildman–Crippen MR) is 115 cm³/mol. The first-order valence-electron chi connectivity index (χ1n) is 9.55. The highest BCUT2D eigenvalue weighted by Crippen LogP contribution is 2.48. The molecule has 4 rings (SSSR count). The van der Waals surface area contributed by atoms with E-state index in [4.69, 9.17) is 9.47 Å². The normalized spacial score (nSPS) is 31.4. The van der Waals surface area contributed by atoms with Gasteiger partial charge in [0.05, 0.1) is 6.61 Å². The van der Waals surface area contributed by atoms with E-state index in [1.54, 1.807) is 0 Å². The summed E-state index contributed by atoms with van der Waals surface area (Å²) in [4.78, 5) is 4.38. The third-order valence-corrected chi connectivity index (χ3v) is 5.50. The fourth-order valence-corrected chi connectivity index (χ4v) is 3.77. The minimum absolute atomic E-state index is 0. The average molecular weight is 471 g/mol. The summed E-state index contributed by atoms with van der Waals surface area (Å²) in [7, 11) is 1.84. The van der Waals surface area contributed by atoms with Crippen LogP contribution in [0.5, 0.6) is 11.5 Å². The van der Waals surface area contributed by atoms with Crippen LogP contribution in [-0.2, 0) is 6.42 Å². The molecular weight excluding hydrogens is 441 g/mol. The van der Waals surface area contributed by atoms with E-state index in [9.17, 15) is 0 Å². The quantitative estimate of drug-likeness (QED) is 0.393. The average Bonchev–Trinajstić information content (AvgIpc) is 3.46. The summed E-state index contributed by atoms with van der Waals surface area (Å²) in [6.45, 7) is 7.12. The zero-order valence-electron chi connectivity index (χ0n) is 16.0. The van der Waals surface area contributed by atoms with Crippen LogP contribution in [0.25, 0.3) is 0 Å². The van der Waals surface area contributed by atoms with Gasteiger partial charge in [0.1, 0.15) is 17.6 Å². The Balaban J connectivity index is 0.00000196. The number of guanidine groups is 1. The summed E-state index contributed by atoms with van der Waals surface area (Å²) in [6.07, 6.45) is 3.58. The van der Waals surface area contributed by atoms with Crippen molar-refractivity contribution in [2.45, 2.75) is 64.1 Å². The summed E-state index contributed by atoms with van der Waals surface area (Å²) in [5, 5.41) is 7.07. The van der Waals surface area contributed by atoms with E-state index in [2.05, 4.69) is 41.6 Å². The Kier molecular flexibility index (Phi) is 5.89. The first-order chi connectivity index (χ1) is 12.1. The van der Waals surface area contributed by atoms with Crippen molar-refractivity contribution < 1.29 is 9.47 Å². The lowest BCUT2D eigenvalue weighted by Crippen LogP contribution is -2.40. The van der Waals surface area contributed by atoms with Crippen LogP contribution in [0.1, 0.15) is 50.7 Å². The highest BCUT2D eigenvalue weighted by Gasteiger charge is 2.42. The second-order valence-corrected chi connectivity index (χ2v) is 7.69. The minimum Gasteiger partial charge on any atom is -0.494 e. The summed E-state index contributed by atoms with van der Waals surface area (Å²) < 4.78 is 11.9. The van der Waals surface area contributed by atoms with Gasteiger partial charge in [0.25, 0.3) is 0 Å². The lowest BCUT2D eigenvalue weighted by molar-refractivity contribution is 0.254. The van der Waals surface area contributed by atoms with Crippen LogP contribution in [0.3, 0.4) is 0 Å². The molecule has 144 valence electrons. The van der Waals surface area contributed by atoms with Crippen LogP contribution in [0, 0.1) is 5.92 Å². The monoisotopic (exact) mass is 471 g/mol. The topological polar surface area (TPSA) is 54.9 Å². The third-order valence-electron chi connectivity index (χ3n) is 5.50. The number of nitrogens with zero attached hydrogens (tertiary/aromatic N) is 1. The third kappa shape index (κ3) is 4.05. The van der Waals surface area contributed by atoms with Crippen LogP contribution in [0.2, 0.25) is 0 Å². The fraction of sp³-hybridized carbons (Fsp3) is 0.650. The Morgan fingerprint density at radius 2 is 1.96 bits per heavy atom. The van der Waals surface area contributed by atoms with E-state index < -0.39 is 0 Å². The Morgan fingerprint density at radius 1 is 1.23 bits per heavy atom. The molecule has 2 N–H and O–H groups in total. The molecule has 26 heavy (non-hydrogen) atoms. The number of fused-ring (bicyclic) bond motifs is 1. The van der Waals surface area contributed by atoms with Gasteiger partial charge in [-0.25, -0.2) is 0 Å². The molecule has 2 aliphatic carbocycles. The van der Waals surface area contributed by atoms with Crippen LogP contribution < -0.4 is 20.1 Å². The first-order valence-corrected chi connectivity index (χ1v) is 9.55. The molecule has 1 aliphatic heterocycles. The predicted octanol–water partition coefficient (Wildman–Crippen LogP) is 3.46. The van der Waals surface area contributed by atoms with Gasteiger partial charge in [-0.15, -0.1) is 24.0 Å². The fourth-order valence-electron chi connectivity index (χ4n) is 3.77. The number of hydrogen-bond acceptors (Lipinski definition) is 3. The standard InChI is InChI=1S/C20H29N3O2.HI/c1-5-24-19-8-13-7-12(3)25-18(13)10-15(19)14-9-17(14)23-20(21-4)22-16-6-11(16)2;/h8,10-12,14,16-17H,5-7,9H2,1-4H3,(H2,21,22,23);1H. The maximum atomic E-state index is 5.96. The number of nitrogens with one attached hydrogen (secondary N) is 2. The summed E-state index contributed by atoms with van der Waals surface area (Å²) >= 11 is 0. The SMILES string of the molecule is CCOc1cc2c(cc1C1CC1NC(=NC)NC1CC1C)OC(C)C2.I. The van der Waals surface area contributed by atoms with Gasteiger partial charge in [0.2, 0.25) is 0 Å². The van der Waals surface area contributed by atoms with E-state index in [0.717, 1.165) is 36.2 Å². The van der Waals surface area contributed by atoms with E-state index in [1.807, 2.05) is 14.0 Å². The molecule has 2 saturated carbocycles. The molecule has 5 atom stereocenters. The van der Waals surface area contributed by atoms with Gasteiger partial charge in [-0.3, -0.25) is 4.99 Å². The maximum Gasteiger partial charge on any atom is 0.191 e. The highest BCUT2D eigenvalue weighted by atomic mass is 127. The van der Waals surface area contributed by atoms with E-state index in [-0.39, 0.29) is 30.1 Å². The lowest BCUT2D eigenvalue weighted by atomic mass is 10.0. The van der Waals surface area contributed by atoms with Gasteiger partial charge in [0, 0.05) is 42.6 Å². The highest BCUT2D eigenvalue weighted by molar-refractivity contribution is 14.0. The molecule has 0 aromatic heterocycles. The molecule has 0 spiro atoms. The molecule has 1 aromatic rings. The molecular formula is C20H30IN3O2. The number of halogens is 1. The number of rotatable bonds is 5. The minimum atomic E-state index is 0. The molecule has 6 heteroatoms. The maximum absolute atomic E-state index is 5.96. The second-order valence-electron chi connectivity index (χ2n) is 7.69. The first kappa shape index (κ1) is 19.6. The molecule has 1 aromatic carbocycles. The second kappa shape index (κ2) is 7.82. The molecule has 5 unspecified atom stereocenters. The smallest absolute Gasteiger partial charge is 0.191 e. The van der Waals surface area contributed by atoms with Crippen LogP contribution in [0.4, 0.5) is 0 Å². The number of aliphatic imine (C=N–C) groups is 1. The van der Waals surface area contributed by atoms with Gasteiger partial charge in [0.15, 0.2) is 5.96 Å². The summed E-state index contributed by atoms with van der Waals surface area (Å²) in [5.74, 6) is 4.19. The molecule has 0 radical (unpaired) electrons. The lowest BCUT2D eigenvalue weighted by Gasteiger charge is -2.14. The van der Waals surface area contributed by atoms with Crippen molar-refractivity contribution in [1.29, 1.82) is 0 Å². The van der Waals surface area contributed by atoms with Crippen LogP contribution in [0.15, 0.2) is 17.1 Å². The van der Waals surface area contributed by atoms with Crippen molar-refractivity contribution in [1.82, 2.24) is 10.6 Å². The molecule has 0 amide bonds. The van der Waals surface area contributed by atoms with Crippen molar-refractivity contribution >= 4 is 29.9 Å². The zero-order valence-corrected chi connectivity index (χ0v) is 18.4. The van der Waals surface area contributed by atoms with E-state index in [0.29, 0.717) is 24.6 Å². The van der Waals surface area contributed by atoms with Gasteiger partial charge < -0.3 is 20.1 Å². The largest absolute Gasteiger partial charge is 0.494 e. The molecule has 2 fully saturated rings. The zero-order chi connectivity index (χ0) is 17.6. The summed E-state index contributed by atoms with van der Waals surface area (Å²) in [5.41, 5.74) is 2.53. The van der Waals surface area contributed by atoms with Gasteiger partial charge in [-0.2, -0.15) is 0 Å². The number of benzene rings is 1. The Labute approximate surface area is 173 Å². The van der Waals surface area contributed by atoms with Crippen LogP contribution in [-0.4, -0.2) is 37.8 Å². The van der Waals surface area contributed by atoms with Crippen molar-refractivity contribution in [3.8, 4) is 11.5 Å². The van der Waals surface area contributed by atoms with Gasteiger partial charge in [-0.05, 0) is 44.7 Å². The molecule has 0 bridgehead atoms. The van der Waals surface area contributed by atoms with E-state index in [1.165, 1.54) is 17.5 Å². The molecule has 1 heterocycles. The van der Waals surface area contributed by atoms with Crippen molar-refractivity contribution in [2.75, 3.05) is 13.7 Å². The Hall–Kier alpha value is -1.18. The van der Waals surface area contributed by atoms with Gasteiger partial charge >= 0.3 is 0 Å². The molecule has 3 aliphatic rings. The molecule has 5 nitrogen and oxygen atoms in total. The number of hydrogen-bond donors (Lipinski definition) is 2. The van der Waals surface area contributed by atoms with Gasteiger partial charge in [-0.1, -0.05) is 6.92 Å². The number of ether oxygens (including phenoxy) is 2. The van der Waals surface area contributed by atoms with Crippen molar-refractivity contribution in [3.05, 3.63) is 23.3 Å².